The number of alkyl halides is 1. The fraction of sp³-hybridized carbons (Fsp3) is 0.400. The quantitative estimate of drug-likeness (QED) is 0.456. The monoisotopic (exact) mass is 387 g/mol. The van der Waals surface area contributed by atoms with Crippen molar-refractivity contribution in [2.24, 2.45) is 0 Å². The van der Waals surface area contributed by atoms with Gasteiger partial charge in [-0.25, -0.2) is 0 Å². The first kappa shape index (κ1) is 12.7. The van der Waals surface area contributed by atoms with Crippen LogP contribution in [0.3, 0.4) is 0 Å². The van der Waals surface area contributed by atoms with Crippen LogP contribution in [0, 0.1) is 0 Å². The van der Waals surface area contributed by atoms with Gasteiger partial charge >= 0.3 is 0 Å². The van der Waals surface area contributed by atoms with Crippen molar-refractivity contribution < 1.29 is 0 Å². The number of hydrogen-bond donors (Lipinski definition) is 1. The maximum atomic E-state index is 6.07. The van der Waals surface area contributed by atoms with Gasteiger partial charge in [0.2, 0.25) is 0 Å². The van der Waals surface area contributed by atoms with Crippen LogP contribution in [0.15, 0.2) is 22.7 Å². The average molecular weight is 388 g/mol. The third-order valence-corrected chi connectivity index (χ3v) is 3.43. The van der Waals surface area contributed by atoms with Crippen LogP contribution in [0.4, 0.5) is 0 Å². The molecule has 1 rings (SSSR count). The molecule has 0 saturated heterocycles. The second kappa shape index (κ2) is 7.04. The maximum Gasteiger partial charge on any atom is 0.0462 e. The Labute approximate surface area is 112 Å². The number of hydrogen-bond acceptors (Lipinski definition) is 1. The van der Waals surface area contributed by atoms with Crippen molar-refractivity contribution in [2.45, 2.75) is 13.0 Å². The third-order valence-electron chi connectivity index (χ3n) is 1.82. The molecule has 1 aromatic rings. The summed E-state index contributed by atoms with van der Waals surface area (Å²) in [6.45, 7) is 1.90. The number of rotatable bonds is 5. The lowest BCUT2D eigenvalue weighted by molar-refractivity contribution is 0.682. The van der Waals surface area contributed by atoms with Gasteiger partial charge in [0.15, 0.2) is 0 Å². The molecule has 1 nitrogen and oxygen atoms in total. The Morgan fingerprint density at radius 2 is 2.21 bits per heavy atom. The van der Waals surface area contributed by atoms with E-state index in [4.69, 9.17) is 11.6 Å². The lowest BCUT2D eigenvalue weighted by Gasteiger charge is -2.06. The molecular weight excluding hydrogens is 376 g/mol. The standard InChI is InChI=1S/C10H12BrClIN/c11-9-3-2-8(10(12)6-9)7-14-5-1-4-13/h2-3,6,14H,1,4-5,7H2. The molecule has 0 aliphatic carbocycles. The highest BCUT2D eigenvalue weighted by Crippen LogP contribution is 2.20. The molecule has 0 aromatic heterocycles. The highest BCUT2D eigenvalue weighted by atomic mass is 127. The molecular formula is C10H12BrClIN. The van der Waals surface area contributed by atoms with Crippen molar-refractivity contribution in [1.82, 2.24) is 5.32 Å². The van der Waals surface area contributed by atoms with Crippen molar-refractivity contribution in [3.05, 3.63) is 33.3 Å². The third kappa shape index (κ3) is 4.47. The molecule has 0 spiro atoms. The SMILES string of the molecule is Clc1cc(Br)ccc1CNCCCI. The van der Waals surface area contributed by atoms with E-state index in [0.717, 1.165) is 28.1 Å². The van der Waals surface area contributed by atoms with E-state index in [2.05, 4.69) is 43.8 Å². The van der Waals surface area contributed by atoms with Crippen LogP contribution < -0.4 is 5.32 Å². The Hall–Kier alpha value is 0.680. The van der Waals surface area contributed by atoms with E-state index in [-0.39, 0.29) is 0 Å². The number of nitrogens with one attached hydrogen (secondary N) is 1. The van der Waals surface area contributed by atoms with E-state index in [1.54, 1.807) is 0 Å². The zero-order valence-electron chi connectivity index (χ0n) is 7.69. The summed E-state index contributed by atoms with van der Waals surface area (Å²) in [7, 11) is 0. The largest absolute Gasteiger partial charge is 0.313 e. The predicted octanol–water partition coefficient (Wildman–Crippen LogP) is 4.02. The summed E-state index contributed by atoms with van der Waals surface area (Å²) in [4.78, 5) is 0. The minimum absolute atomic E-state index is 0.821. The van der Waals surface area contributed by atoms with Gasteiger partial charge in [0.25, 0.3) is 0 Å². The molecule has 14 heavy (non-hydrogen) atoms. The normalized spacial score (nSPS) is 10.5. The molecule has 78 valence electrons. The van der Waals surface area contributed by atoms with Gasteiger partial charge in [-0.2, -0.15) is 0 Å². The molecule has 0 saturated carbocycles. The molecule has 0 radical (unpaired) electrons. The van der Waals surface area contributed by atoms with Crippen LogP contribution in [-0.4, -0.2) is 11.0 Å². The second-order valence-electron chi connectivity index (χ2n) is 2.96. The van der Waals surface area contributed by atoms with Gasteiger partial charge in [-0.3, -0.25) is 0 Å². The highest BCUT2D eigenvalue weighted by molar-refractivity contribution is 14.1. The summed E-state index contributed by atoms with van der Waals surface area (Å²) in [6.07, 6.45) is 1.20. The second-order valence-corrected chi connectivity index (χ2v) is 5.36. The smallest absolute Gasteiger partial charge is 0.0462 e. The fourth-order valence-corrected chi connectivity index (χ4v) is 2.20. The molecule has 0 atom stereocenters. The van der Waals surface area contributed by atoms with Crippen LogP contribution >= 0.6 is 50.1 Å². The zero-order valence-corrected chi connectivity index (χ0v) is 12.2. The van der Waals surface area contributed by atoms with Crippen molar-refractivity contribution in [3.8, 4) is 0 Å². The Morgan fingerprint density at radius 1 is 1.43 bits per heavy atom. The average Bonchev–Trinajstić information content (AvgIpc) is 2.15. The molecule has 0 aliphatic rings. The van der Waals surface area contributed by atoms with E-state index in [1.165, 1.54) is 10.8 Å². The van der Waals surface area contributed by atoms with E-state index < -0.39 is 0 Å². The summed E-state index contributed by atoms with van der Waals surface area (Å²) in [5.74, 6) is 0. The lowest BCUT2D eigenvalue weighted by Crippen LogP contribution is -2.15. The molecule has 0 amide bonds. The molecule has 1 aromatic carbocycles. The van der Waals surface area contributed by atoms with Crippen LogP contribution in [0.25, 0.3) is 0 Å². The first-order valence-corrected chi connectivity index (χ1v) is 7.14. The van der Waals surface area contributed by atoms with E-state index in [9.17, 15) is 0 Å². The van der Waals surface area contributed by atoms with Gasteiger partial charge in [0.05, 0.1) is 0 Å². The molecule has 0 fully saturated rings. The van der Waals surface area contributed by atoms with E-state index in [1.807, 2.05) is 18.2 Å². The van der Waals surface area contributed by atoms with Crippen molar-refractivity contribution in [1.29, 1.82) is 0 Å². The van der Waals surface area contributed by atoms with Gasteiger partial charge in [0, 0.05) is 20.5 Å². The first-order valence-electron chi connectivity index (χ1n) is 4.44. The van der Waals surface area contributed by atoms with Gasteiger partial charge in [0.1, 0.15) is 0 Å². The van der Waals surface area contributed by atoms with Crippen molar-refractivity contribution >= 4 is 50.1 Å². The van der Waals surface area contributed by atoms with Crippen molar-refractivity contribution in [2.75, 3.05) is 11.0 Å². The van der Waals surface area contributed by atoms with Crippen LogP contribution in [0.1, 0.15) is 12.0 Å². The van der Waals surface area contributed by atoms with E-state index in [0.29, 0.717) is 0 Å². The van der Waals surface area contributed by atoms with E-state index >= 15 is 0 Å². The van der Waals surface area contributed by atoms with Gasteiger partial charge < -0.3 is 5.32 Å². The molecule has 1 N–H and O–H groups in total. The Morgan fingerprint density at radius 3 is 2.86 bits per heavy atom. The summed E-state index contributed by atoms with van der Waals surface area (Å²) >= 11 is 11.8. The van der Waals surface area contributed by atoms with Gasteiger partial charge in [-0.1, -0.05) is 56.2 Å². The minimum Gasteiger partial charge on any atom is -0.313 e. The summed E-state index contributed by atoms with van der Waals surface area (Å²) in [6, 6.07) is 5.99. The van der Waals surface area contributed by atoms with Crippen LogP contribution in [0.2, 0.25) is 5.02 Å². The highest BCUT2D eigenvalue weighted by Gasteiger charge is 1.99. The molecule has 0 bridgehead atoms. The molecule has 0 heterocycles. The topological polar surface area (TPSA) is 12.0 Å². The number of halogens is 3. The van der Waals surface area contributed by atoms with Gasteiger partial charge in [-0.15, -0.1) is 0 Å². The van der Waals surface area contributed by atoms with Crippen molar-refractivity contribution in [3.63, 3.8) is 0 Å². The summed E-state index contributed by atoms with van der Waals surface area (Å²) in [5.41, 5.74) is 1.16. The van der Waals surface area contributed by atoms with Crippen LogP contribution in [0.5, 0.6) is 0 Å². The Balaban J connectivity index is 2.42. The number of benzene rings is 1. The Bertz CT molecular complexity index is 293. The molecule has 0 unspecified atom stereocenters. The molecule has 4 heteroatoms. The summed E-state index contributed by atoms with van der Waals surface area (Å²) in [5, 5.41) is 4.18. The minimum atomic E-state index is 0.821. The summed E-state index contributed by atoms with van der Waals surface area (Å²) < 4.78 is 2.22. The van der Waals surface area contributed by atoms with Gasteiger partial charge in [-0.05, 0) is 30.7 Å². The first-order chi connectivity index (χ1) is 6.74. The lowest BCUT2D eigenvalue weighted by atomic mass is 10.2. The predicted molar refractivity (Wildman–Crippen MR) is 74.4 cm³/mol. The zero-order chi connectivity index (χ0) is 10.4. The Kier molecular flexibility index (Phi) is 6.41. The van der Waals surface area contributed by atoms with Crippen LogP contribution in [-0.2, 0) is 6.54 Å². The molecule has 0 aliphatic heterocycles. The fourth-order valence-electron chi connectivity index (χ4n) is 1.08. The maximum absolute atomic E-state index is 6.07.